The summed E-state index contributed by atoms with van der Waals surface area (Å²) < 4.78 is 6.43. The van der Waals surface area contributed by atoms with Crippen molar-refractivity contribution < 1.29 is 14.3 Å². The van der Waals surface area contributed by atoms with Crippen molar-refractivity contribution in [3.05, 3.63) is 42.5 Å². The van der Waals surface area contributed by atoms with Crippen molar-refractivity contribution in [1.29, 1.82) is 0 Å². The van der Waals surface area contributed by atoms with E-state index in [1.54, 1.807) is 30.3 Å². The number of piperidine rings is 1. The quantitative estimate of drug-likeness (QED) is 0.371. The Bertz CT molecular complexity index is 875. The third-order valence-electron chi connectivity index (χ3n) is 4.91. The number of carbonyl (C=O) groups excluding carboxylic acids is 2. The maximum Gasteiger partial charge on any atom is 0.260 e. The van der Waals surface area contributed by atoms with E-state index >= 15 is 0 Å². The van der Waals surface area contributed by atoms with Crippen LogP contribution >= 0.6 is 23.1 Å². The average molecular weight is 447 g/mol. The number of likely N-dealkylation sites (tertiary alicyclic amines) is 1. The fraction of sp³-hybridized carbons (Fsp3) is 0.429. The van der Waals surface area contributed by atoms with E-state index < -0.39 is 0 Å². The van der Waals surface area contributed by atoms with E-state index in [-0.39, 0.29) is 30.5 Å². The minimum absolute atomic E-state index is 0.00193. The highest BCUT2D eigenvalue weighted by atomic mass is 32.2. The second kappa shape index (κ2) is 10.6. The Hall–Kier alpha value is -2.39. The SMILES string of the molecule is C=CCSc1nnc(NC(=O)c2ccc(OCC(=O)N3C(C)CCCC3C)cc2)s1. The summed E-state index contributed by atoms with van der Waals surface area (Å²) in [5.74, 6) is 1.02. The molecule has 1 fully saturated rings. The molecule has 7 nitrogen and oxygen atoms in total. The molecule has 30 heavy (non-hydrogen) atoms. The zero-order chi connectivity index (χ0) is 21.5. The van der Waals surface area contributed by atoms with E-state index in [2.05, 4.69) is 35.9 Å². The zero-order valence-electron chi connectivity index (χ0n) is 17.2. The fourth-order valence-electron chi connectivity index (χ4n) is 3.45. The highest BCUT2D eigenvalue weighted by molar-refractivity contribution is 8.01. The standard InChI is InChI=1S/C21H26N4O3S2/c1-4-12-29-21-24-23-20(30-21)22-19(27)16-8-10-17(11-9-16)28-13-18(26)25-14(2)6-5-7-15(25)3/h4,8-11,14-15H,1,5-7,12-13H2,2-3H3,(H,22,23,27). The van der Waals surface area contributed by atoms with E-state index in [9.17, 15) is 9.59 Å². The Kier molecular flexibility index (Phi) is 7.87. The van der Waals surface area contributed by atoms with Crippen molar-refractivity contribution in [1.82, 2.24) is 15.1 Å². The van der Waals surface area contributed by atoms with Gasteiger partial charge in [0.2, 0.25) is 5.13 Å². The van der Waals surface area contributed by atoms with Gasteiger partial charge in [0.1, 0.15) is 5.75 Å². The Morgan fingerprint density at radius 2 is 1.97 bits per heavy atom. The Morgan fingerprint density at radius 1 is 1.27 bits per heavy atom. The molecule has 0 spiro atoms. The van der Waals surface area contributed by atoms with Gasteiger partial charge in [-0.25, -0.2) is 0 Å². The molecule has 1 saturated heterocycles. The summed E-state index contributed by atoms with van der Waals surface area (Å²) in [5, 5.41) is 11.2. The molecule has 1 aromatic heterocycles. The highest BCUT2D eigenvalue weighted by Gasteiger charge is 2.28. The van der Waals surface area contributed by atoms with Gasteiger partial charge in [-0.05, 0) is 57.4 Å². The van der Waals surface area contributed by atoms with Crippen LogP contribution in [0, 0.1) is 0 Å². The first-order valence-corrected chi connectivity index (χ1v) is 11.7. The molecule has 0 aliphatic carbocycles. The van der Waals surface area contributed by atoms with Gasteiger partial charge in [0.15, 0.2) is 10.9 Å². The summed E-state index contributed by atoms with van der Waals surface area (Å²) in [7, 11) is 0. The maximum absolute atomic E-state index is 12.6. The summed E-state index contributed by atoms with van der Waals surface area (Å²) >= 11 is 2.83. The maximum atomic E-state index is 12.6. The zero-order valence-corrected chi connectivity index (χ0v) is 18.8. The molecular formula is C21H26N4O3S2. The fourth-order valence-corrected chi connectivity index (χ4v) is 4.96. The van der Waals surface area contributed by atoms with E-state index in [1.165, 1.54) is 23.1 Å². The number of anilines is 1. The van der Waals surface area contributed by atoms with Crippen molar-refractivity contribution in [3.8, 4) is 5.75 Å². The van der Waals surface area contributed by atoms with Gasteiger partial charge in [-0.1, -0.05) is 29.2 Å². The third-order valence-corrected chi connectivity index (χ3v) is 6.88. The number of carbonyl (C=O) groups is 2. The topological polar surface area (TPSA) is 84.4 Å². The van der Waals surface area contributed by atoms with Gasteiger partial charge in [0.25, 0.3) is 11.8 Å². The molecule has 9 heteroatoms. The number of thioether (sulfide) groups is 1. The summed E-state index contributed by atoms with van der Waals surface area (Å²) in [4.78, 5) is 26.9. The molecule has 3 rings (SSSR count). The second-order valence-corrected chi connectivity index (χ2v) is 9.41. The molecule has 160 valence electrons. The monoisotopic (exact) mass is 446 g/mol. The molecule has 0 saturated carbocycles. The summed E-state index contributed by atoms with van der Waals surface area (Å²) in [5.41, 5.74) is 0.474. The predicted molar refractivity (Wildman–Crippen MR) is 120 cm³/mol. The number of benzene rings is 1. The Balaban J connectivity index is 1.51. The lowest BCUT2D eigenvalue weighted by molar-refractivity contribution is -0.139. The van der Waals surface area contributed by atoms with E-state index in [1.807, 2.05) is 4.90 Å². The molecule has 1 N–H and O–H groups in total. The van der Waals surface area contributed by atoms with Gasteiger partial charge in [-0.3, -0.25) is 14.9 Å². The second-order valence-electron chi connectivity index (χ2n) is 7.17. The number of nitrogens with one attached hydrogen (secondary N) is 1. The van der Waals surface area contributed by atoms with Crippen LogP contribution in [0.3, 0.4) is 0 Å². The van der Waals surface area contributed by atoms with Crippen LogP contribution in [0.1, 0.15) is 43.5 Å². The van der Waals surface area contributed by atoms with Gasteiger partial charge in [0, 0.05) is 23.4 Å². The van der Waals surface area contributed by atoms with Crippen molar-refractivity contribution in [2.24, 2.45) is 0 Å². The summed E-state index contributed by atoms with van der Waals surface area (Å²) in [6.45, 7) is 7.83. The number of amides is 2. The number of ether oxygens (including phenoxy) is 1. The first-order chi connectivity index (χ1) is 14.5. The predicted octanol–water partition coefficient (Wildman–Crippen LogP) is 4.24. The molecule has 2 amide bonds. The minimum atomic E-state index is -0.273. The highest BCUT2D eigenvalue weighted by Crippen LogP contribution is 2.26. The van der Waals surface area contributed by atoms with Gasteiger partial charge in [-0.2, -0.15) is 0 Å². The first-order valence-electron chi connectivity index (χ1n) is 9.90. The Labute approximate surface area is 184 Å². The molecular weight excluding hydrogens is 420 g/mol. The third kappa shape index (κ3) is 5.82. The van der Waals surface area contributed by atoms with Crippen molar-refractivity contribution in [2.75, 3.05) is 17.7 Å². The van der Waals surface area contributed by atoms with E-state index in [4.69, 9.17) is 4.74 Å². The van der Waals surface area contributed by atoms with Crippen molar-refractivity contribution in [3.63, 3.8) is 0 Å². The molecule has 2 unspecified atom stereocenters. The van der Waals surface area contributed by atoms with Crippen LogP contribution < -0.4 is 10.1 Å². The first kappa shape index (κ1) is 22.3. The number of aromatic nitrogens is 2. The van der Waals surface area contributed by atoms with Crippen LogP contribution in [-0.2, 0) is 4.79 Å². The molecule has 1 aromatic carbocycles. The lowest BCUT2D eigenvalue weighted by Crippen LogP contribution is -2.49. The molecule has 2 heterocycles. The summed E-state index contributed by atoms with van der Waals surface area (Å²) in [6, 6.07) is 7.19. The van der Waals surface area contributed by atoms with Gasteiger partial charge in [-0.15, -0.1) is 16.8 Å². The van der Waals surface area contributed by atoms with Gasteiger partial charge < -0.3 is 9.64 Å². The molecule has 1 aliphatic rings. The Morgan fingerprint density at radius 3 is 2.63 bits per heavy atom. The number of nitrogens with zero attached hydrogens (tertiary/aromatic N) is 3. The van der Waals surface area contributed by atoms with E-state index in [0.717, 1.165) is 29.4 Å². The molecule has 0 radical (unpaired) electrons. The molecule has 2 atom stereocenters. The van der Waals surface area contributed by atoms with Gasteiger partial charge in [0.05, 0.1) is 0 Å². The van der Waals surface area contributed by atoms with Crippen molar-refractivity contribution in [2.45, 2.75) is 49.5 Å². The van der Waals surface area contributed by atoms with Crippen LogP contribution in [0.4, 0.5) is 5.13 Å². The smallest absolute Gasteiger partial charge is 0.260 e. The van der Waals surface area contributed by atoms with Crippen LogP contribution in [0.15, 0.2) is 41.3 Å². The number of hydrogen-bond donors (Lipinski definition) is 1. The van der Waals surface area contributed by atoms with Gasteiger partial charge >= 0.3 is 0 Å². The number of hydrogen-bond acceptors (Lipinski definition) is 7. The van der Waals surface area contributed by atoms with Crippen LogP contribution in [0.5, 0.6) is 5.75 Å². The molecule has 1 aliphatic heterocycles. The number of rotatable bonds is 8. The lowest BCUT2D eigenvalue weighted by Gasteiger charge is -2.38. The molecule has 2 aromatic rings. The van der Waals surface area contributed by atoms with Crippen molar-refractivity contribution >= 4 is 40.0 Å². The average Bonchev–Trinajstić information content (AvgIpc) is 3.18. The largest absolute Gasteiger partial charge is 0.484 e. The van der Waals surface area contributed by atoms with E-state index in [0.29, 0.717) is 16.4 Å². The molecule has 0 bridgehead atoms. The van der Waals surface area contributed by atoms with Crippen LogP contribution in [0.25, 0.3) is 0 Å². The van der Waals surface area contributed by atoms with Crippen LogP contribution in [0.2, 0.25) is 0 Å². The normalized spacial score (nSPS) is 18.7. The van der Waals surface area contributed by atoms with Crippen LogP contribution in [-0.4, -0.2) is 51.4 Å². The minimum Gasteiger partial charge on any atom is -0.484 e. The summed E-state index contributed by atoms with van der Waals surface area (Å²) in [6.07, 6.45) is 5.00. The lowest BCUT2D eigenvalue weighted by atomic mass is 9.97.